The van der Waals surface area contributed by atoms with Gasteiger partial charge in [-0.25, -0.2) is 0 Å². The molecule has 2 nitrogen and oxygen atoms in total. The molecule has 0 spiro atoms. The molecule has 0 fully saturated rings. The summed E-state index contributed by atoms with van der Waals surface area (Å²) < 4.78 is 0. The van der Waals surface area contributed by atoms with Gasteiger partial charge >= 0.3 is 0 Å². The van der Waals surface area contributed by atoms with Gasteiger partial charge in [-0.15, -0.1) is 14.5 Å². The number of nitrogens with one attached hydrogen (secondary N) is 1. The van der Waals surface area contributed by atoms with Gasteiger partial charge in [-0.2, -0.15) is 0 Å². The lowest BCUT2D eigenvalue weighted by Gasteiger charge is -2.18. The fourth-order valence-corrected chi connectivity index (χ4v) is 6.83. The van der Waals surface area contributed by atoms with Gasteiger partial charge in [0.05, 0.1) is 0 Å². The molecule has 212 valence electrons. The molecule has 0 aliphatic heterocycles. The van der Waals surface area contributed by atoms with Crippen LogP contribution < -0.4 is 0 Å². The Morgan fingerprint density at radius 1 is 0.583 bits per heavy atom. The van der Waals surface area contributed by atoms with Gasteiger partial charge in [-0.1, -0.05) is 123 Å². The first kappa shape index (κ1) is 37.3. The Morgan fingerprint density at radius 2 is 0.944 bits per heavy atom. The number of unbranched alkanes of at least 4 members (excludes halogenated alkanes) is 16. The predicted octanol–water partition coefficient (Wildman–Crippen LogP) is 11.7. The van der Waals surface area contributed by atoms with Gasteiger partial charge in [0.2, 0.25) is 0 Å². The van der Waals surface area contributed by atoms with E-state index in [0.29, 0.717) is 14.3 Å². The highest BCUT2D eigenvalue weighted by Gasteiger charge is 2.07. The molecule has 0 saturated heterocycles. The van der Waals surface area contributed by atoms with Gasteiger partial charge in [-0.3, -0.25) is 0 Å². The number of allylic oxidation sites excluding steroid dienone is 1. The maximum absolute atomic E-state index is 9.52. The van der Waals surface area contributed by atoms with Gasteiger partial charge in [-0.05, 0) is 56.3 Å². The molecule has 0 atom stereocenters. The van der Waals surface area contributed by atoms with Gasteiger partial charge in [0.1, 0.15) is 6.29 Å². The van der Waals surface area contributed by atoms with E-state index in [1.54, 1.807) is 24.6 Å². The molecule has 0 amide bonds. The van der Waals surface area contributed by atoms with Crippen LogP contribution in [-0.4, -0.2) is 29.8 Å². The number of carbonyl (C=O) groups excluding carboxylic acids is 1. The van der Waals surface area contributed by atoms with Crippen molar-refractivity contribution in [2.24, 2.45) is 0 Å². The Labute approximate surface area is 228 Å². The molecule has 0 aliphatic carbocycles. The van der Waals surface area contributed by atoms with E-state index < -0.39 is 0 Å². The fourth-order valence-electron chi connectivity index (χ4n) is 4.15. The Balaban J connectivity index is 0. The van der Waals surface area contributed by atoms with Crippen LogP contribution in [0.2, 0.25) is 0 Å². The maximum atomic E-state index is 9.52. The molecule has 0 aromatic carbocycles. The van der Waals surface area contributed by atoms with Crippen molar-refractivity contribution in [3.8, 4) is 0 Å². The van der Waals surface area contributed by atoms with E-state index in [-0.39, 0.29) is 0 Å². The smallest absolute Gasteiger partial charge is 0.120 e. The van der Waals surface area contributed by atoms with Crippen molar-refractivity contribution in [3.63, 3.8) is 0 Å². The molecule has 0 saturated carbocycles. The lowest BCUT2D eigenvalue weighted by atomic mass is 10.1. The minimum Gasteiger partial charge on any atom is -0.368 e. The summed E-state index contributed by atoms with van der Waals surface area (Å²) in [6.45, 7) is 10.4. The van der Waals surface area contributed by atoms with Crippen molar-refractivity contribution in [2.75, 3.05) is 18.5 Å². The second-order valence-electron chi connectivity index (χ2n) is 10.1. The van der Waals surface area contributed by atoms with Crippen LogP contribution in [0.5, 0.6) is 0 Å². The third kappa shape index (κ3) is 35.3. The Hall–Kier alpha value is -0.880. The predicted molar refractivity (Wildman–Crippen MR) is 168 cm³/mol. The molecule has 3 heteroatoms. The minimum absolute atomic E-state index is 0.366. The van der Waals surface area contributed by atoms with Crippen molar-refractivity contribution in [1.82, 2.24) is 4.98 Å². The third-order valence-corrected chi connectivity index (χ3v) is 9.31. The molecule has 0 unspecified atom stereocenters. The second kappa shape index (κ2) is 36.3. The van der Waals surface area contributed by atoms with E-state index in [1.165, 1.54) is 116 Å². The minimum atomic E-state index is 0.366. The summed E-state index contributed by atoms with van der Waals surface area (Å²) in [6.07, 6.45) is 39.0. The summed E-state index contributed by atoms with van der Waals surface area (Å²) in [6, 6.07) is 3.89. The fraction of sp³-hybridized carbons (Fsp3) is 0.788. The van der Waals surface area contributed by atoms with Gasteiger partial charge in [0, 0.05) is 18.8 Å². The zero-order valence-electron chi connectivity index (χ0n) is 24.8. The number of hydrogen-bond acceptors (Lipinski definition) is 1. The standard InChI is InChI=1S/C24H51P.C5H8O.C4H5N/c1-4-7-10-13-16-19-22-25(23-20-17-14-11-8-5-2)24-21-18-15-12-9-6-3;1-2-3-4-5-6;1-2-4-5-3-1/h4-24H2,1-3H3;2,5H,1,3-4H2;1-5H. The van der Waals surface area contributed by atoms with Crippen molar-refractivity contribution < 1.29 is 4.79 Å². The van der Waals surface area contributed by atoms with Gasteiger partial charge in [0.25, 0.3) is 0 Å². The van der Waals surface area contributed by atoms with Gasteiger partial charge < -0.3 is 9.78 Å². The van der Waals surface area contributed by atoms with Crippen molar-refractivity contribution >= 4 is 14.2 Å². The Bertz CT molecular complexity index is 425. The number of carbonyl (C=O) groups is 1. The van der Waals surface area contributed by atoms with E-state index in [0.717, 1.165) is 12.7 Å². The van der Waals surface area contributed by atoms with E-state index in [4.69, 9.17) is 0 Å². The molecule has 0 radical (unpaired) electrons. The summed E-state index contributed by atoms with van der Waals surface area (Å²) in [5, 5.41) is 0. The van der Waals surface area contributed by atoms with Crippen LogP contribution in [0.3, 0.4) is 0 Å². The maximum Gasteiger partial charge on any atom is 0.120 e. The quantitative estimate of drug-likeness (QED) is 0.0624. The highest BCUT2D eigenvalue weighted by Crippen LogP contribution is 2.39. The molecule has 0 aliphatic rings. The van der Waals surface area contributed by atoms with Crippen molar-refractivity contribution in [2.45, 2.75) is 149 Å². The normalized spacial score (nSPS) is 10.3. The van der Waals surface area contributed by atoms with Crippen LogP contribution in [0.4, 0.5) is 0 Å². The van der Waals surface area contributed by atoms with Crippen molar-refractivity contribution in [3.05, 3.63) is 37.2 Å². The van der Waals surface area contributed by atoms with Crippen LogP contribution in [0.1, 0.15) is 149 Å². The zero-order valence-corrected chi connectivity index (χ0v) is 25.7. The zero-order chi connectivity index (χ0) is 26.8. The number of aldehydes is 1. The number of hydrogen-bond donors (Lipinski definition) is 1. The second-order valence-corrected chi connectivity index (χ2v) is 12.7. The first-order valence-electron chi connectivity index (χ1n) is 15.6. The molecular formula is C33H64NOP. The topological polar surface area (TPSA) is 32.9 Å². The van der Waals surface area contributed by atoms with Crippen LogP contribution >= 0.6 is 7.92 Å². The lowest BCUT2D eigenvalue weighted by Crippen LogP contribution is -1.97. The van der Waals surface area contributed by atoms with E-state index in [9.17, 15) is 4.79 Å². The number of aromatic nitrogens is 1. The monoisotopic (exact) mass is 521 g/mol. The third-order valence-electron chi connectivity index (χ3n) is 6.47. The summed E-state index contributed by atoms with van der Waals surface area (Å²) in [7, 11) is 0.366. The Morgan fingerprint density at radius 3 is 1.19 bits per heavy atom. The van der Waals surface area contributed by atoms with Crippen LogP contribution in [-0.2, 0) is 4.79 Å². The summed E-state index contributed by atoms with van der Waals surface area (Å²) >= 11 is 0. The first-order valence-corrected chi connectivity index (χ1v) is 17.5. The van der Waals surface area contributed by atoms with Crippen LogP contribution in [0.25, 0.3) is 0 Å². The first-order chi connectivity index (χ1) is 17.8. The molecular weight excluding hydrogens is 457 g/mol. The molecule has 0 bridgehead atoms. The van der Waals surface area contributed by atoms with E-state index >= 15 is 0 Å². The molecule has 1 heterocycles. The summed E-state index contributed by atoms with van der Waals surface area (Å²) in [5.74, 6) is 0. The molecule has 1 aromatic heterocycles. The van der Waals surface area contributed by atoms with Crippen LogP contribution in [0, 0.1) is 0 Å². The SMILES string of the molecule is C=CCCC=O.CCCCCCCCP(CCCCCCCC)CCCCCCCC.c1cc[nH]c1. The Kier molecular flexibility index (Phi) is 37.6. The molecule has 36 heavy (non-hydrogen) atoms. The van der Waals surface area contributed by atoms with E-state index in [2.05, 4.69) is 32.3 Å². The highest BCUT2D eigenvalue weighted by atomic mass is 31.1. The van der Waals surface area contributed by atoms with Gasteiger partial charge in [0.15, 0.2) is 0 Å². The average molecular weight is 522 g/mol. The molecule has 1 aromatic rings. The summed E-state index contributed by atoms with van der Waals surface area (Å²) in [4.78, 5) is 12.4. The average Bonchev–Trinajstić information content (AvgIpc) is 3.49. The highest BCUT2D eigenvalue weighted by molar-refractivity contribution is 7.57. The number of H-pyrrole nitrogens is 1. The van der Waals surface area contributed by atoms with Crippen molar-refractivity contribution in [1.29, 1.82) is 0 Å². The number of rotatable bonds is 24. The van der Waals surface area contributed by atoms with E-state index in [1.807, 2.05) is 24.5 Å². The number of aromatic amines is 1. The largest absolute Gasteiger partial charge is 0.368 e. The van der Waals surface area contributed by atoms with Crippen LogP contribution in [0.15, 0.2) is 37.2 Å². The lowest BCUT2D eigenvalue weighted by molar-refractivity contribution is -0.107. The summed E-state index contributed by atoms with van der Waals surface area (Å²) in [5.41, 5.74) is 0. The molecule has 1 rings (SSSR count). The molecule has 1 N–H and O–H groups in total.